The smallest absolute Gasteiger partial charge is 0.172 e. The molecule has 2 aromatic carbocycles. The first-order valence-electron chi connectivity index (χ1n) is 4.68. The predicted molar refractivity (Wildman–Crippen MR) is 65.2 cm³/mol. The molecule has 0 fully saturated rings. The van der Waals surface area contributed by atoms with Gasteiger partial charge >= 0.3 is 35.6 Å². The Labute approximate surface area is 109 Å². The number of aryl methyl sites for hydroxylation is 1. The topological polar surface area (TPSA) is 0 Å². The van der Waals surface area contributed by atoms with Crippen LogP contribution in [0.1, 0.15) is 12.5 Å². The Kier molecular flexibility index (Phi) is 12.1. The molecule has 0 heterocycles. The molecule has 0 saturated heterocycles. The Morgan fingerprint density at radius 2 is 1.53 bits per heavy atom. The van der Waals surface area contributed by atoms with Crippen LogP contribution in [0.25, 0.3) is 0 Å². The van der Waals surface area contributed by atoms with Crippen molar-refractivity contribution in [2.75, 3.05) is 0 Å². The molecular weight excluding hydrogens is 263 g/mol. The van der Waals surface area contributed by atoms with E-state index >= 15 is 0 Å². The second kappa shape index (κ2) is 12.1. The summed E-state index contributed by atoms with van der Waals surface area (Å²) in [5, 5.41) is 0. The fourth-order valence-electron chi connectivity index (χ4n) is 0.970. The summed E-state index contributed by atoms with van der Waals surface area (Å²) >= 11 is -0.556. The van der Waals surface area contributed by atoms with Crippen LogP contribution in [0.5, 0.6) is 0 Å². The van der Waals surface area contributed by atoms with Gasteiger partial charge in [-0.15, -0.1) is 0 Å². The Morgan fingerprint density at radius 3 is 1.73 bits per heavy atom. The van der Waals surface area contributed by atoms with Crippen molar-refractivity contribution in [2.45, 2.75) is 13.3 Å². The average molecular weight is 277 g/mol. The molecule has 82 valence electrons. The third kappa shape index (κ3) is 10.3. The zero-order valence-electron chi connectivity index (χ0n) is 8.66. The van der Waals surface area contributed by atoms with E-state index in [1.54, 1.807) is 0 Å². The van der Waals surface area contributed by atoms with Crippen LogP contribution in [0.4, 0.5) is 0 Å². The maximum Gasteiger partial charge on any atom is -0.172 e. The molecule has 0 aromatic heterocycles. The Balaban J connectivity index is 0.000000216. The second-order valence-electron chi connectivity index (χ2n) is 2.68. The van der Waals surface area contributed by atoms with Crippen molar-refractivity contribution in [3.63, 3.8) is 0 Å². The monoisotopic (exact) mass is 276 g/mol. The first-order valence-corrected chi connectivity index (χ1v) is 8.98. The van der Waals surface area contributed by atoms with Gasteiger partial charge in [-0.2, -0.15) is 35.9 Å². The van der Waals surface area contributed by atoms with Crippen molar-refractivity contribution >= 4 is 18.6 Å². The normalized spacial score (nSPS) is 7.93. The summed E-state index contributed by atoms with van der Waals surface area (Å²) in [6, 6.07) is 18.4. The largest absolute Gasteiger partial charge is 0.214 e. The molecule has 0 atom stereocenters. The van der Waals surface area contributed by atoms with Gasteiger partial charge in [0.25, 0.3) is 0 Å². The second-order valence-corrected chi connectivity index (χ2v) is 5.26. The molecule has 0 spiro atoms. The molecule has 2 aromatic rings. The summed E-state index contributed by atoms with van der Waals surface area (Å²) in [6.45, 7) is 2.16. The van der Waals surface area contributed by atoms with Crippen molar-refractivity contribution in [2.24, 2.45) is 0 Å². The molecule has 0 aliphatic heterocycles. The van der Waals surface area contributed by atoms with Crippen LogP contribution in [-0.4, -0.2) is 0 Å². The standard InChI is InChI=1S/C7H9.C5H5.2ClH.Ti/c1-2-7-5-3-4-6-7;1-2-4-5-3-1;;;/h3-6H,2H2,1H3;1-5H;2*1H;/q2*-1;;;+2/p-2. The molecule has 0 N–H and O–H groups in total. The maximum atomic E-state index is 4.89. The minimum absolute atomic E-state index is 0.556. The molecule has 0 amide bonds. The maximum absolute atomic E-state index is 4.89. The van der Waals surface area contributed by atoms with Gasteiger partial charge in [-0.1, -0.05) is 13.3 Å². The van der Waals surface area contributed by atoms with Crippen molar-refractivity contribution in [3.8, 4) is 0 Å². The van der Waals surface area contributed by atoms with E-state index < -0.39 is 17.0 Å². The first-order chi connectivity index (χ1) is 7.35. The van der Waals surface area contributed by atoms with Crippen LogP contribution in [0.3, 0.4) is 0 Å². The van der Waals surface area contributed by atoms with Gasteiger partial charge in [0, 0.05) is 0 Å². The van der Waals surface area contributed by atoms with Crippen LogP contribution in [0.2, 0.25) is 0 Å². The van der Waals surface area contributed by atoms with E-state index in [0.717, 1.165) is 6.42 Å². The van der Waals surface area contributed by atoms with Gasteiger partial charge in [0.15, 0.2) is 0 Å². The van der Waals surface area contributed by atoms with E-state index in [2.05, 4.69) is 31.2 Å². The first kappa shape index (κ1) is 15.0. The zero-order valence-corrected chi connectivity index (χ0v) is 11.7. The number of rotatable bonds is 1. The molecular formula is C12H14Cl2Ti-2. The van der Waals surface area contributed by atoms with E-state index in [-0.39, 0.29) is 0 Å². The Hall–Kier alpha value is -0.00571. The molecule has 0 aliphatic rings. The summed E-state index contributed by atoms with van der Waals surface area (Å²) in [5.41, 5.74) is 1.43. The SMILES string of the molecule is CC[c-]1cccc1.[Cl][Ti][Cl].c1cc[cH-]c1. The molecule has 0 unspecified atom stereocenters. The van der Waals surface area contributed by atoms with Crippen LogP contribution in [0, 0.1) is 0 Å². The van der Waals surface area contributed by atoms with Gasteiger partial charge < -0.3 is 0 Å². The molecule has 0 nitrogen and oxygen atoms in total. The van der Waals surface area contributed by atoms with E-state index in [9.17, 15) is 0 Å². The molecule has 0 bridgehead atoms. The van der Waals surface area contributed by atoms with Gasteiger partial charge in [-0.05, 0) is 0 Å². The van der Waals surface area contributed by atoms with Gasteiger partial charge in [-0.3, -0.25) is 0 Å². The summed E-state index contributed by atoms with van der Waals surface area (Å²) in [4.78, 5) is 0. The van der Waals surface area contributed by atoms with Gasteiger partial charge in [0.2, 0.25) is 0 Å². The van der Waals surface area contributed by atoms with Crippen LogP contribution < -0.4 is 0 Å². The molecule has 15 heavy (non-hydrogen) atoms. The third-order valence-electron chi connectivity index (χ3n) is 1.70. The number of hydrogen-bond donors (Lipinski definition) is 0. The van der Waals surface area contributed by atoms with E-state index in [0.29, 0.717) is 0 Å². The predicted octanol–water partition coefficient (Wildman–Crippen LogP) is 4.75. The third-order valence-corrected chi connectivity index (χ3v) is 1.70. The minimum Gasteiger partial charge on any atom is -0.214 e. The fourth-order valence-corrected chi connectivity index (χ4v) is 0.970. The summed E-state index contributed by atoms with van der Waals surface area (Å²) < 4.78 is 0. The molecule has 3 heteroatoms. The van der Waals surface area contributed by atoms with Gasteiger partial charge in [0.1, 0.15) is 0 Å². The minimum atomic E-state index is -0.556. The molecule has 0 aliphatic carbocycles. The molecule has 0 saturated carbocycles. The van der Waals surface area contributed by atoms with Crippen LogP contribution >= 0.6 is 18.6 Å². The summed E-state index contributed by atoms with van der Waals surface area (Å²) in [5.74, 6) is 0. The van der Waals surface area contributed by atoms with Crippen molar-refractivity contribution in [3.05, 3.63) is 60.2 Å². The van der Waals surface area contributed by atoms with Gasteiger partial charge in [0.05, 0.1) is 0 Å². The average Bonchev–Trinajstić information content (AvgIpc) is 2.96. The van der Waals surface area contributed by atoms with Crippen LogP contribution in [-0.2, 0) is 23.5 Å². The molecule has 2 rings (SSSR count). The van der Waals surface area contributed by atoms with Crippen molar-refractivity contribution < 1.29 is 17.0 Å². The van der Waals surface area contributed by atoms with Gasteiger partial charge in [-0.25, -0.2) is 24.3 Å². The van der Waals surface area contributed by atoms with E-state index in [1.165, 1.54) is 5.56 Å². The van der Waals surface area contributed by atoms with Crippen molar-refractivity contribution in [1.82, 2.24) is 0 Å². The van der Waals surface area contributed by atoms with Crippen molar-refractivity contribution in [1.29, 1.82) is 0 Å². The van der Waals surface area contributed by atoms with E-state index in [1.807, 2.05) is 30.3 Å². The molecule has 0 radical (unpaired) electrons. The Morgan fingerprint density at radius 1 is 1.07 bits per heavy atom. The zero-order chi connectivity index (χ0) is 11.4. The summed E-state index contributed by atoms with van der Waals surface area (Å²) in [7, 11) is 9.78. The van der Waals surface area contributed by atoms with E-state index in [4.69, 9.17) is 18.6 Å². The summed E-state index contributed by atoms with van der Waals surface area (Å²) in [6.07, 6.45) is 1.16. The Bertz CT molecular complexity index is 257. The van der Waals surface area contributed by atoms with Crippen LogP contribution in [0.15, 0.2) is 54.6 Å². The number of halogens is 2. The quantitative estimate of drug-likeness (QED) is 0.521. The fraction of sp³-hybridized carbons (Fsp3) is 0.167. The number of hydrogen-bond acceptors (Lipinski definition) is 0.